The molecule has 0 bridgehead atoms. The van der Waals surface area contributed by atoms with Crippen LogP contribution in [0.4, 0.5) is 0 Å². The average Bonchev–Trinajstić information content (AvgIpc) is 1.99. The molecule has 16 heavy (non-hydrogen) atoms. The lowest BCUT2D eigenvalue weighted by atomic mass is 10.1. The third kappa shape index (κ3) is 22.7. The molecule has 7 N–H and O–H groups in total. The van der Waals surface area contributed by atoms with Crippen LogP contribution in [-0.2, 0) is 0 Å². The zero-order chi connectivity index (χ0) is 13.1. The van der Waals surface area contributed by atoms with E-state index in [-0.39, 0.29) is 11.9 Å². The largest absolute Gasteiger partial charge is 0.370 e. The molecular formula is C7H18N6O3. The molecule has 94 valence electrons. The topological polar surface area (TPSA) is 164 Å². The molecule has 0 heterocycles. The van der Waals surface area contributed by atoms with Crippen molar-refractivity contribution in [3.8, 4) is 0 Å². The molecule has 0 aliphatic carbocycles. The Kier molecular flexibility index (Phi) is 9.71. The summed E-state index contributed by atoms with van der Waals surface area (Å²) in [4.78, 5) is 11.9. The zero-order valence-electron chi connectivity index (χ0n) is 9.30. The summed E-state index contributed by atoms with van der Waals surface area (Å²) in [5, 5.41) is 23.6. The maximum atomic E-state index is 8.36. The quantitative estimate of drug-likeness (QED) is 0.191. The first-order chi connectivity index (χ1) is 7.25. The summed E-state index contributed by atoms with van der Waals surface area (Å²) in [5.74, 6) is 0.553. The van der Waals surface area contributed by atoms with E-state index in [0.29, 0.717) is 5.92 Å². The fourth-order valence-corrected chi connectivity index (χ4v) is 0.648. The molecular weight excluding hydrogens is 216 g/mol. The predicted octanol–water partition coefficient (Wildman–Crippen LogP) is -0.517. The summed E-state index contributed by atoms with van der Waals surface area (Å²) in [6.45, 7) is 4.96. The Morgan fingerprint density at radius 2 is 2.06 bits per heavy atom. The van der Waals surface area contributed by atoms with Crippen LogP contribution in [0.25, 0.3) is 0 Å². The Balaban J connectivity index is 0. The minimum Gasteiger partial charge on any atom is -0.370 e. The number of hydrogen-bond acceptors (Lipinski definition) is 3. The van der Waals surface area contributed by atoms with E-state index in [0.717, 1.165) is 13.0 Å². The van der Waals surface area contributed by atoms with E-state index in [9.17, 15) is 0 Å². The van der Waals surface area contributed by atoms with Crippen LogP contribution in [0.1, 0.15) is 20.3 Å². The van der Waals surface area contributed by atoms with Gasteiger partial charge in [0.05, 0.1) is 0 Å². The van der Waals surface area contributed by atoms with Gasteiger partial charge in [-0.25, -0.2) is 0 Å². The van der Waals surface area contributed by atoms with Gasteiger partial charge in [-0.3, -0.25) is 5.41 Å². The summed E-state index contributed by atoms with van der Waals surface area (Å²) in [7, 11) is 0. The first-order valence-corrected chi connectivity index (χ1v) is 4.51. The molecule has 0 radical (unpaired) electrons. The van der Waals surface area contributed by atoms with Gasteiger partial charge in [-0.1, -0.05) is 13.8 Å². The lowest BCUT2D eigenvalue weighted by molar-refractivity contribution is -0.742. The number of nitrogens with two attached hydrogens (primary N) is 2. The molecule has 0 aromatic carbocycles. The summed E-state index contributed by atoms with van der Waals surface area (Å²) in [6.07, 6.45) is 1.00. The fraction of sp³-hybridized carbons (Fsp3) is 0.714. The first-order valence-electron chi connectivity index (χ1n) is 4.51. The molecule has 9 nitrogen and oxygen atoms in total. The van der Waals surface area contributed by atoms with E-state index in [1.54, 1.807) is 0 Å². The Bertz CT molecular complexity index is 245. The number of rotatable bonds is 3. The minimum absolute atomic E-state index is 0.0238. The second-order valence-corrected chi connectivity index (χ2v) is 3.23. The zero-order valence-corrected chi connectivity index (χ0v) is 9.30. The molecule has 0 aromatic rings. The Morgan fingerprint density at radius 1 is 1.62 bits per heavy atom. The Morgan fingerprint density at radius 3 is 2.38 bits per heavy atom. The molecule has 0 fully saturated rings. The van der Waals surface area contributed by atoms with Crippen molar-refractivity contribution in [2.24, 2.45) is 22.4 Å². The number of guanidine groups is 2. The van der Waals surface area contributed by atoms with E-state index in [1.807, 2.05) is 0 Å². The number of aliphatic imine (C=N–C) groups is 1. The molecule has 0 aliphatic rings. The number of nitrogens with zero attached hydrogens (tertiary/aromatic N) is 2. The van der Waals surface area contributed by atoms with Gasteiger partial charge in [0.2, 0.25) is 5.96 Å². The second kappa shape index (κ2) is 9.49. The van der Waals surface area contributed by atoms with Crippen LogP contribution in [-0.4, -0.2) is 28.8 Å². The highest BCUT2D eigenvalue weighted by molar-refractivity contribution is 5.91. The lowest BCUT2D eigenvalue weighted by Gasteiger charge is -2.05. The van der Waals surface area contributed by atoms with Gasteiger partial charge in [0.1, 0.15) is 0 Å². The first kappa shape index (κ1) is 16.4. The van der Waals surface area contributed by atoms with Crippen LogP contribution < -0.4 is 16.8 Å². The molecule has 0 rings (SSSR count). The van der Waals surface area contributed by atoms with Gasteiger partial charge in [0.25, 0.3) is 5.09 Å². The Hall–Kier alpha value is -2.06. The van der Waals surface area contributed by atoms with Crippen molar-refractivity contribution in [2.45, 2.75) is 20.3 Å². The van der Waals surface area contributed by atoms with Crippen LogP contribution in [0.3, 0.4) is 0 Å². The molecule has 9 heteroatoms. The fourth-order valence-electron chi connectivity index (χ4n) is 0.648. The van der Waals surface area contributed by atoms with Gasteiger partial charge < -0.3 is 22.0 Å². The summed E-state index contributed by atoms with van der Waals surface area (Å²) < 4.78 is 0. The molecule has 0 atom stereocenters. The van der Waals surface area contributed by atoms with Crippen molar-refractivity contribution >= 4 is 11.9 Å². The van der Waals surface area contributed by atoms with Gasteiger partial charge in [0, 0.05) is 6.54 Å². The van der Waals surface area contributed by atoms with Crippen LogP contribution in [0, 0.1) is 21.4 Å². The van der Waals surface area contributed by atoms with Gasteiger partial charge in [0.15, 0.2) is 5.96 Å². The van der Waals surface area contributed by atoms with E-state index in [1.165, 1.54) is 0 Å². The maximum absolute atomic E-state index is 8.36. The molecule has 0 aliphatic heterocycles. The van der Waals surface area contributed by atoms with Crippen LogP contribution in [0.5, 0.6) is 0 Å². The molecule has 0 saturated carbocycles. The predicted molar refractivity (Wildman–Crippen MR) is 59.8 cm³/mol. The van der Waals surface area contributed by atoms with Crippen molar-refractivity contribution in [3.05, 3.63) is 10.1 Å². The summed E-state index contributed by atoms with van der Waals surface area (Å²) >= 11 is 0. The van der Waals surface area contributed by atoms with E-state index >= 15 is 0 Å². The van der Waals surface area contributed by atoms with Crippen molar-refractivity contribution in [1.29, 1.82) is 5.41 Å². The second-order valence-electron chi connectivity index (χ2n) is 3.23. The molecule has 0 amide bonds. The van der Waals surface area contributed by atoms with Crippen molar-refractivity contribution in [1.82, 2.24) is 5.32 Å². The van der Waals surface area contributed by atoms with Crippen LogP contribution >= 0.6 is 0 Å². The van der Waals surface area contributed by atoms with Crippen molar-refractivity contribution < 1.29 is 10.3 Å². The number of hydrogen-bond donors (Lipinski definition) is 5. The molecule has 0 unspecified atom stereocenters. The lowest BCUT2D eigenvalue weighted by Crippen LogP contribution is -2.29. The minimum atomic E-state index is -1.50. The highest BCUT2D eigenvalue weighted by atomic mass is 16.9. The monoisotopic (exact) mass is 234 g/mol. The number of nitrogens with one attached hydrogen (secondary N) is 2. The third-order valence-electron chi connectivity index (χ3n) is 1.26. The van der Waals surface area contributed by atoms with Gasteiger partial charge in [-0.05, 0) is 12.3 Å². The third-order valence-corrected chi connectivity index (χ3v) is 1.26. The molecule has 0 saturated heterocycles. The Labute approximate surface area is 93.1 Å². The van der Waals surface area contributed by atoms with Crippen molar-refractivity contribution in [2.75, 3.05) is 6.54 Å². The van der Waals surface area contributed by atoms with Gasteiger partial charge in [-0.2, -0.15) is 4.99 Å². The smallest absolute Gasteiger partial charge is 0.291 e. The van der Waals surface area contributed by atoms with Crippen molar-refractivity contribution in [3.63, 3.8) is 0 Å². The van der Waals surface area contributed by atoms with Gasteiger partial charge in [-0.15, -0.1) is 10.1 Å². The SMILES string of the molecule is CC(C)CCNC(=N)N=C(N)N.O=[N+]([O-])O. The summed E-state index contributed by atoms with van der Waals surface area (Å²) in [5.41, 5.74) is 10.1. The maximum Gasteiger partial charge on any atom is 0.291 e. The molecule has 0 aromatic heterocycles. The summed E-state index contributed by atoms with van der Waals surface area (Å²) in [6, 6.07) is 0. The van der Waals surface area contributed by atoms with Crippen LogP contribution in [0.15, 0.2) is 4.99 Å². The normalized spacial score (nSPS) is 8.69. The van der Waals surface area contributed by atoms with E-state index < -0.39 is 5.09 Å². The van der Waals surface area contributed by atoms with E-state index in [2.05, 4.69) is 24.2 Å². The standard InChI is InChI=1S/C7H17N5.HNO3/c1-5(2)3-4-11-7(10)12-6(8)9;2-1(3)4/h5H,3-4H2,1-2H3,(H6,8,9,10,11,12);(H,2,3,4). The highest BCUT2D eigenvalue weighted by Gasteiger charge is 1.95. The van der Waals surface area contributed by atoms with Crippen LogP contribution in [0.2, 0.25) is 0 Å². The van der Waals surface area contributed by atoms with E-state index in [4.69, 9.17) is 32.2 Å². The molecule has 0 spiro atoms. The average molecular weight is 234 g/mol. The highest BCUT2D eigenvalue weighted by Crippen LogP contribution is 1.95. The van der Waals surface area contributed by atoms with Gasteiger partial charge >= 0.3 is 0 Å².